The van der Waals surface area contributed by atoms with E-state index >= 15 is 0 Å². The van der Waals surface area contributed by atoms with Gasteiger partial charge in [0.1, 0.15) is 16.7 Å². The molecule has 0 aliphatic rings. The van der Waals surface area contributed by atoms with Crippen LogP contribution in [0.25, 0.3) is 0 Å². The summed E-state index contributed by atoms with van der Waals surface area (Å²) in [6.45, 7) is 0. The number of benzene rings is 4. The van der Waals surface area contributed by atoms with E-state index in [4.69, 9.17) is 17.0 Å². The fourth-order valence-corrected chi connectivity index (χ4v) is 4.90. The van der Waals surface area contributed by atoms with E-state index in [2.05, 4.69) is 10.6 Å². The molecule has 4 rings (SSSR count). The first-order chi connectivity index (χ1) is 18.8. The Morgan fingerprint density at radius 2 is 1.49 bits per heavy atom. The number of thioether (sulfide) groups is 1. The molecule has 0 aliphatic carbocycles. The number of nitrogens with one attached hydrogen (secondary N) is 3. The summed E-state index contributed by atoms with van der Waals surface area (Å²) in [5.74, 6) is -6.90. The van der Waals surface area contributed by atoms with Crippen LogP contribution in [0, 0.1) is 23.3 Å². The Balaban J connectivity index is 1.55. The number of hydrogen-bond acceptors (Lipinski definition) is 4. The van der Waals surface area contributed by atoms with E-state index in [1.165, 1.54) is 0 Å². The monoisotopic (exact) mass is 571 g/mol. The molecule has 200 valence electrons. The largest absolute Gasteiger partial charge is 0.495 e. The van der Waals surface area contributed by atoms with Crippen molar-refractivity contribution < 1.29 is 27.1 Å². The van der Waals surface area contributed by atoms with Gasteiger partial charge < -0.3 is 20.7 Å². The van der Waals surface area contributed by atoms with Gasteiger partial charge in [0.15, 0.2) is 28.4 Å². The molecular formula is C28H21F4N3O2S2. The first-order valence-electron chi connectivity index (χ1n) is 11.4. The van der Waals surface area contributed by atoms with Crippen LogP contribution in [0.4, 0.5) is 34.6 Å². The summed E-state index contributed by atoms with van der Waals surface area (Å²) in [5, 5.41) is 7.40. The van der Waals surface area contributed by atoms with Crippen LogP contribution in [0.2, 0.25) is 0 Å². The summed E-state index contributed by atoms with van der Waals surface area (Å²) >= 11 is 6.48. The number of thiocarbonyl (C=S) groups is 1. The van der Waals surface area contributed by atoms with Crippen LogP contribution in [0.15, 0.2) is 89.8 Å². The van der Waals surface area contributed by atoms with Crippen LogP contribution in [0.5, 0.6) is 5.75 Å². The van der Waals surface area contributed by atoms with Gasteiger partial charge >= 0.3 is 0 Å². The summed E-state index contributed by atoms with van der Waals surface area (Å²) in [5.41, 5.74) is 0.577. The topological polar surface area (TPSA) is 62.4 Å². The van der Waals surface area contributed by atoms with E-state index in [1.54, 1.807) is 73.8 Å². The van der Waals surface area contributed by atoms with E-state index in [1.807, 2.05) is 17.4 Å². The molecule has 0 bridgehead atoms. The van der Waals surface area contributed by atoms with Crippen molar-refractivity contribution in [3.8, 4) is 5.75 Å². The van der Waals surface area contributed by atoms with Gasteiger partial charge in [0.25, 0.3) is 0 Å². The number of carbonyl (C=O) groups excluding carboxylic acids is 1. The van der Waals surface area contributed by atoms with Gasteiger partial charge in [-0.2, -0.15) is 0 Å². The van der Waals surface area contributed by atoms with Gasteiger partial charge in [0.05, 0.1) is 12.8 Å². The van der Waals surface area contributed by atoms with Gasteiger partial charge in [-0.3, -0.25) is 4.79 Å². The minimum absolute atomic E-state index is 0.0788. The highest BCUT2D eigenvalue weighted by Crippen LogP contribution is 2.38. The molecule has 0 aromatic heterocycles. The Morgan fingerprint density at radius 1 is 0.821 bits per heavy atom. The van der Waals surface area contributed by atoms with Crippen molar-refractivity contribution in [2.24, 2.45) is 0 Å². The summed E-state index contributed by atoms with van der Waals surface area (Å²) < 4.78 is 61.2. The second kappa shape index (κ2) is 12.6. The second-order valence-electron chi connectivity index (χ2n) is 8.05. The second-order valence-corrected chi connectivity index (χ2v) is 9.64. The SMILES string of the molecule is COc1ccccc1NC(=S)Nc1cccc(SC(C(=O)Nc2c(F)c(F)cc(F)c2F)c2ccccc2)c1. The first kappa shape index (κ1) is 27.9. The maximum absolute atomic E-state index is 14.2. The number of ether oxygens (including phenoxy) is 1. The molecule has 0 radical (unpaired) electrons. The zero-order valence-corrected chi connectivity index (χ0v) is 21.9. The van der Waals surface area contributed by atoms with E-state index in [0.717, 1.165) is 11.8 Å². The highest BCUT2D eigenvalue weighted by Gasteiger charge is 2.27. The van der Waals surface area contributed by atoms with Gasteiger partial charge in [-0.25, -0.2) is 17.6 Å². The molecule has 3 N–H and O–H groups in total. The number of para-hydroxylation sites is 2. The molecule has 0 spiro atoms. The summed E-state index contributed by atoms with van der Waals surface area (Å²) in [6, 6.07) is 22.7. The molecular weight excluding hydrogens is 550 g/mol. The van der Waals surface area contributed by atoms with Gasteiger partial charge in [0.2, 0.25) is 5.91 Å². The molecule has 0 aliphatic heterocycles. The third kappa shape index (κ3) is 6.87. The molecule has 4 aromatic rings. The molecule has 1 atom stereocenters. The van der Waals surface area contributed by atoms with Crippen LogP contribution in [0.1, 0.15) is 10.8 Å². The summed E-state index contributed by atoms with van der Waals surface area (Å²) in [4.78, 5) is 13.8. The molecule has 0 saturated heterocycles. The van der Waals surface area contributed by atoms with Crippen molar-refractivity contribution in [2.45, 2.75) is 10.1 Å². The molecule has 0 heterocycles. The van der Waals surface area contributed by atoms with Crippen molar-refractivity contribution in [2.75, 3.05) is 23.1 Å². The maximum Gasteiger partial charge on any atom is 0.242 e. The lowest BCUT2D eigenvalue weighted by Crippen LogP contribution is -2.21. The smallest absolute Gasteiger partial charge is 0.242 e. The van der Waals surface area contributed by atoms with E-state index in [-0.39, 0.29) is 11.2 Å². The molecule has 11 heteroatoms. The predicted octanol–water partition coefficient (Wildman–Crippen LogP) is 7.53. The van der Waals surface area contributed by atoms with Crippen LogP contribution in [-0.4, -0.2) is 18.1 Å². The molecule has 4 aromatic carbocycles. The third-order valence-corrected chi connectivity index (χ3v) is 6.85. The van der Waals surface area contributed by atoms with Gasteiger partial charge in [-0.1, -0.05) is 48.5 Å². The Bertz CT molecular complexity index is 1480. The van der Waals surface area contributed by atoms with Crippen LogP contribution >= 0.6 is 24.0 Å². The predicted molar refractivity (Wildman–Crippen MR) is 149 cm³/mol. The molecule has 0 saturated carbocycles. The van der Waals surface area contributed by atoms with Gasteiger partial charge in [-0.05, 0) is 48.1 Å². The molecule has 0 fully saturated rings. The first-order valence-corrected chi connectivity index (χ1v) is 12.7. The van der Waals surface area contributed by atoms with Crippen LogP contribution in [0.3, 0.4) is 0 Å². The Labute approximate surface area is 231 Å². The lowest BCUT2D eigenvalue weighted by atomic mass is 10.1. The fourth-order valence-electron chi connectivity index (χ4n) is 3.59. The number of rotatable bonds is 8. The van der Waals surface area contributed by atoms with Gasteiger partial charge in [-0.15, -0.1) is 11.8 Å². The lowest BCUT2D eigenvalue weighted by Gasteiger charge is -2.19. The normalized spacial score (nSPS) is 11.4. The number of hydrogen-bond donors (Lipinski definition) is 3. The molecule has 1 unspecified atom stereocenters. The summed E-state index contributed by atoms with van der Waals surface area (Å²) in [7, 11) is 1.55. The summed E-state index contributed by atoms with van der Waals surface area (Å²) in [6.07, 6.45) is 0. The quantitative estimate of drug-likeness (QED) is 0.0880. The van der Waals surface area contributed by atoms with E-state index < -0.39 is 40.1 Å². The van der Waals surface area contributed by atoms with Gasteiger partial charge in [0, 0.05) is 16.6 Å². The minimum Gasteiger partial charge on any atom is -0.495 e. The van der Waals surface area contributed by atoms with Crippen LogP contribution < -0.4 is 20.7 Å². The van der Waals surface area contributed by atoms with Crippen molar-refractivity contribution in [3.05, 3.63) is 114 Å². The minimum atomic E-state index is -1.69. The standard InChI is InChI=1S/C28H21F4N3O2S2/c1-37-22-13-6-5-12-21(22)34-28(38)33-17-10-7-11-18(14-17)39-26(16-8-3-2-4-9-16)27(36)35-25-23(31)19(29)15-20(30)24(25)32/h2-15,26H,1H3,(H,35,36)(H2,33,34,38). The fraction of sp³-hybridized carbons (Fsp3) is 0.0714. The van der Waals surface area contributed by atoms with Crippen molar-refractivity contribution in [1.82, 2.24) is 0 Å². The maximum atomic E-state index is 14.2. The zero-order chi connectivity index (χ0) is 27.9. The van der Waals surface area contributed by atoms with E-state index in [9.17, 15) is 22.4 Å². The van der Waals surface area contributed by atoms with Crippen LogP contribution in [-0.2, 0) is 4.79 Å². The number of methoxy groups -OCH3 is 1. The Morgan fingerprint density at radius 3 is 2.18 bits per heavy atom. The zero-order valence-electron chi connectivity index (χ0n) is 20.3. The highest BCUT2D eigenvalue weighted by molar-refractivity contribution is 8.00. The molecule has 39 heavy (non-hydrogen) atoms. The molecule has 5 nitrogen and oxygen atoms in total. The third-order valence-electron chi connectivity index (χ3n) is 5.40. The van der Waals surface area contributed by atoms with Crippen molar-refractivity contribution in [3.63, 3.8) is 0 Å². The number of halogens is 4. The Hall–Kier alpha value is -4.09. The molecule has 1 amide bonds. The van der Waals surface area contributed by atoms with Crippen molar-refractivity contribution >= 4 is 52.1 Å². The Kier molecular flexibility index (Phi) is 9.05. The number of amides is 1. The van der Waals surface area contributed by atoms with E-state index in [0.29, 0.717) is 27.6 Å². The highest BCUT2D eigenvalue weighted by atomic mass is 32.2. The number of carbonyl (C=O) groups is 1. The average Bonchev–Trinajstić information content (AvgIpc) is 2.93. The number of anilines is 3. The van der Waals surface area contributed by atoms with Crippen molar-refractivity contribution in [1.29, 1.82) is 0 Å². The average molecular weight is 572 g/mol. The lowest BCUT2D eigenvalue weighted by molar-refractivity contribution is -0.115.